The zero-order chi connectivity index (χ0) is 20.1. The minimum atomic E-state index is -0.800. The van der Waals surface area contributed by atoms with E-state index in [1.165, 1.54) is 4.90 Å². The van der Waals surface area contributed by atoms with Gasteiger partial charge in [-0.3, -0.25) is 14.4 Å². The lowest BCUT2D eigenvalue weighted by molar-refractivity contribution is -0.129. The van der Waals surface area contributed by atoms with Gasteiger partial charge in [0, 0.05) is 31.3 Å². The summed E-state index contributed by atoms with van der Waals surface area (Å²) in [5.74, 6) is -3.51. The van der Waals surface area contributed by atoms with Crippen LogP contribution >= 0.6 is 0 Å². The molecule has 1 fully saturated rings. The molecule has 6 nitrogen and oxygen atoms in total. The number of anilines is 1. The summed E-state index contributed by atoms with van der Waals surface area (Å²) in [6.07, 6.45) is -0.0877. The smallest absolute Gasteiger partial charge is 0.239 e. The fourth-order valence-corrected chi connectivity index (χ4v) is 3.00. The Morgan fingerprint density at radius 3 is 2.39 bits per heavy atom. The summed E-state index contributed by atoms with van der Waals surface area (Å²) in [5.41, 5.74) is 1.000. The molecule has 2 N–H and O–H groups in total. The highest BCUT2D eigenvalue weighted by molar-refractivity contribution is 6.00. The molecule has 3 amide bonds. The maximum absolute atomic E-state index is 13.4. The molecule has 0 aromatic heterocycles. The quantitative estimate of drug-likeness (QED) is 0.793. The number of hydrogen-bond donors (Lipinski definition) is 2. The third-order valence-electron chi connectivity index (χ3n) is 4.41. The van der Waals surface area contributed by atoms with E-state index in [9.17, 15) is 23.2 Å². The third-order valence-corrected chi connectivity index (χ3v) is 4.41. The van der Waals surface area contributed by atoms with Gasteiger partial charge in [0.15, 0.2) is 0 Å². The monoisotopic (exact) mass is 387 g/mol. The first-order valence-electron chi connectivity index (χ1n) is 8.77. The molecular weight excluding hydrogens is 368 g/mol. The van der Waals surface area contributed by atoms with Crippen LogP contribution in [0.2, 0.25) is 0 Å². The molecule has 0 saturated carbocycles. The number of halogens is 2. The van der Waals surface area contributed by atoms with Gasteiger partial charge in [0.2, 0.25) is 17.7 Å². The van der Waals surface area contributed by atoms with Crippen LogP contribution in [0.1, 0.15) is 12.0 Å². The van der Waals surface area contributed by atoms with E-state index in [2.05, 4.69) is 10.6 Å². The highest BCUT2D eigenvalue weighted by Crippen LogP contribution is 2.26. The molecule has 1 heterocycles. The van der Waals surface area contributed by atoms with E-state index in [0.717, 1.165) is 17.7 Å². The van der Waals surface area contributed by atoms with Crippen LogP contribution in [0.15, 0.2) is 48.5 Å². The van der Waals surface area contributed by atoms with Crippen LogP contribution in [0.4, 0.5) is 14.5 Å². The Bertz CT molecular complexity index is 869. The Morgan fingerprint density at radius 1 is 1.04 bits per heavy atom. The lowest BCUT2D eigenvalue weighted by Crippen LogP contribution is -2.40. The van der Waals surface area contributed by atoms with Crippen molar-refractivity contribution >= 4 is 23.4 Å². The van der Waals surface area contributed by atoms with Crippen molar-refractivity contribution < 1.29 is 23.2 Å². The minimum Gasteiger partial charge on any atom is -0.350 e. The normalized spacial score (nSPS) is 16.1. The molecule has 3 rings (SSSR count). The Morgan fingerprint density at radius 2 is 1.71 bits per heavy atom. The number of nitrogens with one attached hydrogen (secondary N) is 2. The number of amides is 3. The summed E-state index contributed by atoms with van der Waals surface area (Å²) in [4.78, 5) is 37.4. The van der Waals surface area contributed by atoms with Crippen molar-refractivity contribution in [3.05, 3.63) is 65.7 Å². The second-order valence-electron chi connectivity index (χ2n) is 6.51. The van der Waals surface area contributed by atoms with Gasteiger partial charge in [0.05, 0.1) is 12.5 Å². The van der Waals surface area contributed by atoms with Crippen molar-refractivity contribution in [2.75, 3.05) is 18.0 Å². The van der Waals surface area contributed by atoms with Crippen LogP contribution in [0.3, 0.4) is 0 Å². The molecule has 146 valence electrons. The average molecular weight is 387 g/mol. The zero-order valence-electron chi connectivity index (χ0n) is 15.0. The van der Waals surface area contributed by atoms with E-state index in [1.807, 2.05) is 30.3 Å². The first-order valence-corrected chi connectivity index (χ1v) is 8.77. The standard InChI is InChI=1S/C20H19F2N3O3/c21-15-7-16(22)9-17(8-15)25-12-14(6-19(25)27)20(28)24-11-18(26)23-10-13-4-2-1-3-5-13/h1-5,7-9,14H,6,10-12H2,(H,23,26)(H,24,28). The van der Waals surface area contributed by atoms with E-state index >= 15 is 0 Å². The van der Waals surface area contributed by atoms with Gasteiger partial charge < -0.3 is 15.5 Å². The van der Waals surface area contributed by atoms with Crippen LogP contribution in [0.5, 0.6) is 0 Å². The number of rotatable bonds is 6. The second-order valence-corrected chi connectivity index (χ2v) is 6.51. The molecule has 1 saturated heterocycles. The second kappa shape index (κ2) is 8.60. The molecule has 0 aliphatic carbocycles. The number of nitrogens with zero attached hydrogens (tertiary/aromatic N) is 1. The first-order chi connectivity index (χ1) is 13.4. The van der Waals surface area contributed by atoms with E-state index in [0.29, 0.717) is 12.6 Å². The van der Waals surface area contributed by atoms with Gasteiger partial charge in [0.25, 0.3) is 0 Å². The van der Waals surface area contributed by atoms with Crippen molar-refractivity contribution in [3.8, 4) is 0 Å². The van der Waals surface area contributed by atoms with Crippen LogP contribution in [0.25, 0.3) is 0 Å². The van der Waals surface area contributed by atoms with Crippen molar-refractivity contribution in [1.82, 2.24) is 10.6 Å². The van der Waals surface area contributed by atoms with E-state index in [1.54, 1.807) is 0 Å². The van der Waals surface area contributed by atoms with E-state index in [-0.39, 0.29) is 31.1 Å². The minimum absolute atomic E-state index is 0.000799. The third kappa shape index (κ3) is 4.91. The van der Waals surface area contributed by atoms with Crippen LogP contribution in [-0.2, 0) is 20.9 Å². The highest BCUT2D eigenvalue weighted by atomic mass is 19.1. The maximum atomic E-state index is 13.4. The van der Waals surface area contributed by atoms with Gasteiger partial charge in [-0.15, -0.1) is 0 Å². The Hall–Kier alpha value is -3.29. The number of benzene rings is 2. The molecule has 1 aliphatic heterocycles. The average Bonchev–Trinajstić information content (AvgIpc) is 3.06. The van der Waals surface area contributed by atoms with Gasteiger partial charge in [-0.25, -0.2) is 8.78 Å². The number of carbonyl (C=O) groups is 3. The van der Waals surface area contributed by atoms with Gasteiger partial charge in [0.1, 0.15) is 11.6 Å². The maximum Gasteiger partial charge on any atom is 0.239 e. The molecule has 8 heteroatoms. The molecule has 1 unspecified atom stereocenters. The summed E-state index contributed by atoms with van der Waals surface area (Å²) < 4.78 is 26.7. The lowest BCUT2D eigenvalue weighted by Gasteiger charge is -2.17. The summed E-state index contributed by atoms with van der Waals surface area (Å²) in [6.45, 7) is 0.126. The fraction of sp³-hybridized carbons (Fsp3) is 0.250. The molecule has 28 heavy (non-hydrogen) atoms. The number of carbonyl (C=O) groups excluding carboxylic acids is 3. The predicted octanol–water partition coefficient (Wildman–Crippen LogP) is 1.75. The molecule has 1 aliphatic rings. The summed E-state index contributed by atoms with van der Waals surface area (Å²) in [7, 11) is 0. The Labute approximate surface area is 160 Å². The van der Waals surface area contributed by atoms with Gasteiger partial charge in [-0.1, -0.05) is 30.3 Å². The molecular formula is C20H19F2N3O3. The molecule has 1 atom stereocenters. The molecule has 0 spiro atoms. The molecule has 2 aromatic carbocycles. The summed E-state index contributed by atoms with van der Waals surface area (Å²) in [5, 5.41) is 5.18. The van der Waals surface area contributed by atoms with Crippen molar-refractivity contribution in [2.45, 2.75) is 13.0 Å². The molecule has 2 aromatic rings. The van der Waals surface area contributed by atoms with Gasteiger partial charge in [-0.05, 0) is 17.7 Å². The summed E-state index contributed by atoms with van der Waals surface area (Å²) >= 11 is 0. The van der Waals surface area contributed by atoms with Crippen LogP contribution < -0.4 is 15.5 Å². The molecule has 0 bridgehead atoms. The topological polar surface area (TPSA) is 78.5 Å². The van der Waals surface area contributed by atoms with E-state index < -0.39 is 29.4 Å². The van der Waals surface area contributed by atoms with Crippen LogP contribution in [0, 0.1) is 17.6 Å². The largest absolute Gasteiger partial charge is 0.350 e. The molecule has 0 radical (unpaired) electrons. The Kier molecular flexibility index (Phi) is 5.98. The predicted molar refractivity (Wildman–Crippen MR) is 98.1 cm³/mol. The zero-order valence-corrected chi connectivity index (χ0v) is 15.0. The SMILES string of the molecule is O=C(CNC(=O)C1CC(=O)N(c2cc(F)cc(F)c2)C1)NCc1ccccc1. The first kappa shape index (κ1) is 19.5. The van der Waals surface area contributed by atoms with Crippen molar-refractivity contribution in [1.29, 1.82) is 0 Å². The summed E-state index contributed by atoms with van der Waals surface area (Å²) in [6, 6.07) is 12.1. The fourth-order valence-electron chi connectivity index (χ4n) is 3.00. The van der Waals surface area contributed by atoms with E-state index in [4.69, 9.17) is 0 Å². The lowest BCUT2D eigenvalue weighted by atomic mass is 10.1. The number of hydrogen-bond acceptors (Lipinski definition) is 3. The van der Waals surface area contributed by atoms with Crippen molar-refractivity contribution in [3.63, 3.8) is 0 Å². The van der Waals surface area contributed by atoms with Gasteiger partial charge >= 0.3 is 0 Å². The van der Waals surface area contributed by atoms with Gasteiger partial charge in [-0.2, -0.15) is 0 Å². The Balaban J connectivity index is 1.49. The highest BCUT2D eigenvalue weighted by Gasteiger charge is 2.35. The van der Waals surface area contributed by atoms with Crippen LogP contribution in [-0.4, -0.2) is 30.8 Å². The van der Waals surface area contributed by atoms with Crippen molar-refractivity contribution in [2.24, 2.45) is 5.92 Å².